The van der Waals surface area contributed by atoms with Gasteiger partial charge >= 0.3 is 6.09 Å². The van der Waals surface area contributed by atoms with Gasteiger partial charge in [0.15, 0.2) is 17.5 Å². The third-order valence-corrected chi connectivity index (χ3v) is 4.53. The molecule has 1 atom stereocenters. The van der Waals surface area contributed by atoms with Crippen LogP contribution in [0.3, 0.4) is 0 Å². The van der Waals surface area contributed by atoms with Gasteiger partial charge in [-0.1, -0.05) is 11.6 Å². The van der Waals surface area contributed by atoms with Crippen LogP contribution in [0.15, 0.2) is 24.7 Å². The standard InChI is InChI=1S/C21H25ClFN7O3/c1-11(19(31)24-5-6-25-20(32)33-21(2,3)4)29-18-15(23)10-28-17(30-18)14-9-27-16-13(14)7-12(22)8-26-16/h7-11H,5-6H2,1-4H3,(H,24,31)(H,25,32)(H,26,27)(H,28,29,30)/t11-/m0/s1. The van der Waals surface area contributed by atoms with Gasteiger partial charge in [-0.15, -0.1) is 0 Å². The number of fused-ring (bicyclic) bond motifs is 1. The molecule has 0 fully saturated rings. The number of nitrogens with zero attached hydrogens (tertiary/aromatic N) is 3. The number of H-pyrrole nitrogens is 1. The first kappa shape index (κ1) is 24.2. The molecule has 3 heterocycles. The maximum absolute atomic E-state index is 14.3. The lowest BCUT2D eigenvalue weighted by molar-refractivity contribution is -0.121. The molecule has 0 bridgehead atoms. The van der Waals surface area contributed by atoms with Crippen molar-refractivity contribution in [1.29, 1.82) is 0 Å². The van der Waals surface area contributed by atoms with Crippen LogP contribution in [0.4, 0.5) is 15.0 Å². The van der Waals surface area contributed by atoms with Crippen LogP contribution >= 0.6 is 11.6 Å². The van der Waals surface area contributed by atoms with Crippen LogP contribution in [0.5, 0.6) is 0 Å². The van der Waals surface area contributed by atoms with E-state index in [1.807, 2.05) is 0 Å². The van der Waals surface area contributed by atoms with Crippen molar-refractivity contribution in [1.82, 2.24) is 30.6 Å². The third kappa shape index (κ3) is 6.51. The fraction of sp³-hybridized carbons (Fsp3) is 0.381. The maximum atomic E-state index is 14.3. The predicted molar refractivity (Wildman–Crippen MR) is 122 cm³/mol. The zero-order valence-electron chi connectivity index (χ0n) is 18.6. The highest BCUT2D eigenvalue weighted by Crippen LogP contribution is 2.28. The van der Waals surface area contributed by atoms with Crippen LogP contribution in [-0.2, 0) is 9.53 Å². The molecule has 0 unspecified atom stereocenters. The first-order valence-corrected chi connectivity index (χ1v) is 10.6. The van der Waals surface area contributed by atoms with Gasteiger partial charge < -0.3 is 25.7 Å². The minimum Gasteiger partial charge on any atom is -0.444 e. The highest BCUT2D eigenvalue weighted by atomic mass is 35.5. The Morgan fingerprint density at radius 2 is 1.94 bits per heavy atom. The van der Waals surface area contributed by atoms with E-state index in [4.69, 9.17) is 16.3 Å². The number of ether oxygens (including phenoxy) is 1. The van der Waals surface area contributed by atoms with Crippen molar-refractivity contribution in [3.63, 3.8) is 0 Å². The average Bonchev–Trinajstić information content (AvgIpc) is 3.14. The minimum atomic E-state index is -0.803. The van der Waals surface area contributed by atoms with Gasteiger partial charge in [-0.3, -0.25) is 4.79 Å². The van der Waals surface area contributed by atoms with Crippen LogP contribution in [0, 0.1) is 5.82 Å². The Bertz CT molecular complexity index is 1160. The number of carbonyl (C=O) groups excluding carboxylic acids is 2. The van der Waals surface area contributed by atoms with Gasteiger partial charge in [0.1, 0.15) is 17.3 Å². The maximum Gasteiger partial charge on any atom is 0.407 e. The molecule has 0 aliphatic heterocycles. The molecule has 0 aliphatic carbocycles. The van der Waals surface area contributed by atoms with Crippen molar-refractivity contribution >= 4 is 40.5 Å². The van der Waals surface area contributed by atoms with Crippen molar-refractivity contribution in [2.24, 2.45) is 0 Å². The predicted octanol–water partition coefficient (Wildman–Crippen LogP) is 3.25. The van der Waals surface area contributed by atoms with Gasteiger partial charge in [-0.25, -0.2) is 24.1 Å². The average molecular weight is 478 g/mol. The largest absolute Gasteiger partial charge is 0.444 e. The molecular weight excluding hydrogens is 453 g/mol. The Labute approximate surface area is 194 Å². The smallest absolute Gasteiger partial charge is 0.407 e. The molecule has 0 aromatic carbocycles. The van der Waals surface area contributed by atoms with Gasteiger partial charge in [0, 0.05) is 36.4 Å². The summed E-state index contributed by atoms with van der Waals surface area (Å²) in [7, 11) is 0. The number of aromatic amines is 1. The molecule has 0 radical (unpaired) electrons. The van der Waals surface area contributed by atoms with Crippen LogP contribution < -0.4 is 16.0 Å². The summed E-state index contributed by atoms with van der Waals surface area (Å²) in [6, 6.07) is 0.902. The van der Waals surface area contributed by atoms with Crippen molar-refractivity contribution in [2.75, 3.05) is 18.4 Å². The molecule has 3 aromatic heterocycles. The Balaban J connectivity index is 1.60. The summed E-state index contributed by atoms with van der Waals surface area (Å²) in [5.41, 5.74) is 0.569. The number of carbonyl (C=O) groups is 2. The number of amides is 2. The van der Waals surface area contributed by atoms with E-state index in [0.717, 1.165) is 6.20 Å². The molecular formula is C21H25ClFN7O3. The van der Waals surface area contributed by atoms with Crippen molar-refractivity contribution < 1.29 is 18.7 Å². The van der Waals surface area contributed by atoms with Gasteiger partial charge in [-0.2, -0.15) is 0 Å². The van der Waals surface area contributed by atoms with Gasteiger partial charge in [0.25, 0.3) is 0 Å². The number of halogens is 2. The first-order chi connectivity index (χ1) is 15.5. The number of aromatic nitrogens is 4. The Morgan fingerprint density at radius 1 is 1.21 bits per heavy atom. The lowest BCUT2D eigenvalue weighted by atomic mass is 10.2. The third-order valence-electron chi connectivity index (χ3n) is 4.32. The molecule has 176 valence electrons. The normalized spacial score (nSPS) is 12.3. The Morgan fingerprint density at radius 3 is 2.67 bits per heavy atom. The van der Waals surface area contributed by atoms with E-state index >= 15 is 0 Å². The quantitative estimate of drug-likeness (QED) is 0.384. The summed E-state index contributed by atoms with van der Waals surface area (Å²) in [6.45, 7) is 7.17. The summed E-state index contributed by atoms with van der Waals surface area (Å²) >= 11 is 6.03. The topological polar surface area (TPSA) is 134 Å². The molecule has 2 amide bonds. The second-order valence-electron chi connectivity index (χ2n) is 8.23. The summed E-state index contributed by atoms with van der Waals surface area (Å²) in [5, 5.41) is 9.06. The van der Waals surface area contributed by atoms with E-state index in [-0.39, 0.29) is 24.7 Å². The molecule has 4 N–H and O–H groups in total. The zero-order valence-corrected chi connectivity index (χ0v) is 19.4. The Hall–Kier alpha value is -3.47. The van der Waals surface area contributed by atoms with E-state index in [2.05, 4.69) is 35.9 Å². The van der Waals surface area contributed by atoms with E-state index in [0.29, 0.717) is 21.6 Å². The number of nitrogens with one attached hydrogen (secondary N) is 4. The van der Waals surface area contributed by atoms with E-state index in [9.17, 15) is 14.0 Å². The van der Waals surface area contributed by atoms with Crippen molar-refractivity contribution in [3.05, 3.63) is 35.5 Å². The summed E-state index contributed by atoms with van der Waals surface area (Å²) < 4.78 is 19.4. The molecule has 0 aliphatic rings. The number of pyridine rings is 1. The second-order valence-corrected chi connectivity index (χ2v) is 8.66. The number of anilines is 1. The van der Waals surface area contributed by atoms with Crippen molar-refractivity contribution in [3.8, 4) is 11.4 Å². The van der Waals surface area contributed by atoms with E-state index in [1.54, 1.807) is 40.0 Å². The van der Waals surface area contributed by atoms with Crippen molar-refractivity contribution in [2.45, 2.75) is 39.3 Å². The van der Waals surface area contributed by atoms with E-state index < -0.39 is 29.5 Å². The molecule has 3 aromatic rings. The molecule has 0 spiro atoms. The van der Waals surface area contributed by atoms with Crippen LogP contribution in [0.2, 0.25) is 5.02 Å². The molecule has 0 saturated heterocycles. The number of hydrogen-bond acceptors (Lipinski definition) is 7. The Kier molecular flexibility index (Phi) is 7.32. The van der Waals surface area contributed by atoms with Crippen LogP contribution in [0.1, 0.15) is 27.7 Å². The molecule has 0 saturated carbocycles. The molecule has 33 heavy (non-hydrogen) atoms. The number of hydrogen-bond donors (Lipinski definition) is 4. The van der Waals surface area contributed by atoms with Crippen LogP contribution in [-0.4, -0.2) is 56.7 Å². The fourth-order valence-corrected chi connectivity index (χ4v) is 3.01. The van der Waals surface area contributed by atoms with Gasteiger partial charge in [-0.05, 0) is 33.8 Å². The highest BCUT2D eigenvalue weighted by Gasteiger charge is 2.19. The second kappa shape index (κ2) is 9.99. The minimum absolute atomic E-state index is 0.126. The SMILES string of the molecule is C[C@H](Nc1nc(-c2c[nH]c3ncc(Cl)cc23)ncc1F)C(=O)NCCNC(=O)OC(C)(C)C. The van der Waals surface area contributed by atoms with Gasteiger partial charge in [0.2, 0.25) is 5.91 Å². The molecule has 10 nitrogen and oxygen atoms in total. The number of alkyl carbamates (subject to hydrolysis) is 1. The number of rotatable bonds is 7. The summed E-state index contributed by atoms with van der Waals surface area (Å²) in [6.07, 6.45) is 3.61. The van der Waals surface area contributed by atoms with E-state index in [1.165, 1.54) is 6.20 Å². The lowest BCUT2D eigenvalue weighted by Crippen LogP contribution is -2.42. The lowest BCUT2D eigenvalue weighted by Gasteiger charge is -2.20. The summed E-state index contributed by atoms with van der Waals surface area (Å²) in [5.74, 6) is -0.994. The monoisotopic (exact) mass is 477 g/mol. The highest BCUT2D eigenvalue weighted by molar-refractivity contribution is 6.31. The molecule has 12 heteroatoms. The fourth-order valence-electron chi connectivity index (χ4n) is 2.85. The van der Waals surface area contributed by atoms with Gasteiger partial charge in [0.05, 0.1) is 11.2 Å². The first-order valence-electron chi connectivity index (χ1n) is 10.2. The molecule has 3 rings (SSSR count). The zero-order chi connectivity index (χ0) is 24.2. The van der Waals surface area contributed by atoms with Crippen LogP contribution in [0.25, 0.3) is 22.4 Å². The summed E-state index contributed by atoms with van der Waals surface area (Å²) in [4.78, 5) is 39.4.